The van der Waals surface area contributed by atoms with Gasteiger partial charge in [-0.2, -0.15) is 0 Å². The minimum absolute atomic E-state index is 0.00910. The fourth-order valence-corrected chi connectivity index (χ4v) is 2.90. The number of hydrogen-bond donors (Lipinski definition) is 1. The number of ether oxygens (including phenoxy) is 1. The number of carbonyl (C=O) groups excluding carboxylic acids is 1. The molecule has 4 nitrogen and oxygen atoms in total. The van der Waals surface area contributed by atoms with Gasteiger partial charge in [0.25, 0.3) is 0 Å². The number of aliphatic hydroxyl groups is 1. The number of carbonyl (C=O) groups is 1. The second-order valence-corrected chi connectivity index (χ2v) is 5.19. The van der Waals surface area contributed by atoms with E-state index in [4.69, 9.17) is 4.74 Å². The maximum Gasteiger partial charge on any atom is 0.223 e. The van der Waals surface area contributed by atoms with Crippen LogP contribution in [-0.4, -0.2) is 48.3 Å². The highest BCUT2D eigenvalue weighted by atomic mass is 16.5. The molecule has 1 unspecified atom stereocenters. The van der Waals surface area contributed by atoms with Gasteiger partial charge in [0.05, 0.1) is 25.9 Å². The first-order chi connectivity index (χ1) is 8.31. The molecule has 1 aliphatic heterocycles. The highest BCUT2D eigenvalue weighted by molar-refractivity contribution is 5.76. The van der Waals surface area contributed by atoms with Gasteiger partial charge in [-0.05, 0) is 12.3 Å². The summed E-state index contributed by atoms with van der Waals surface area (Å²) >= 11 is 0. The van der Waals surface area contributed by atoms with E-state index < -0.39 is 0 Å². The second-order valence-electron chi connectivity index (χ2n) is 5.19. The Kier molecular flexibility index (Phi) is 4.80. The molecule has 1 aliphatic carbocycles. The maximum atomic E-state index is 12.1. The van der Waals surface area contributed by atoms with Gasteiger partial charge in [-0.1, -0.05) is 25.7 Å². The van der Waals surface area contributed by atoms with Crippen molar-refractivity contribution in [3.63, 3.8) is 0 Å². The van der Waals surface area contributed by atoms with E-state index in [1.807, 2.05) is 0 Å². The van der Waals surface area contributed by atoms with Crippen LogP contribution in [0.4, 0.5) is 0 Å². The molecule has 0 bridgehead atoms. The monoisotopic (exact) mass is 241 g/mol. The van der Waals surface area contributed by atoms with E-state index in [2.05, 4.69) is 0 Å². The van der Waals surface area contributed by atoms with Crippen molar-refractivity contribution in [3.05, 3.63) is 0 Å². The van der Waals surface area contributed by atoms with Crippen molar-refractivity contribution in [2.24, 2.45) is 5.92 Å². The predicted octanol–water partition coefficient (Wildman–Crippen LogP) is 1.18. The summed E-state index contributed by atoms with van der Waals surface area (Å²) in [6, 6.07) is -0.125. The molecule has 4 heteroatoms. The summed E-state index contributed by atoms with van der Waals surface area (Å²) in [6.07, 6.45) is 6.90. The Labute approximate surface area is 103 Å². The van der Waals surface area contributed by atoms with Gasteiger partial charge in [-0.25, -0.2) is 0 Å². The first-order valence-electron chi connectivity index (χ1n) is 6.79. The molecule has 1 heterocycles. The molecular weight excluding hydrogens is 218 g/mol. The van der Waals surface area contributed by atoms with Crippen LogP contribution in [-0.2, 0) is 9.53 Å². The summed E-state index contributed by atoms with van der Waals surface area (Å²) in [4.78, 5) is 13.9. The normalized spacial score (nSPS) is 26.4. The molecular formula is C13H23NO3. The standard InChI is InChI=1S/C13H23NO3/c15-9-12-10-17-8-7-14(12)13(16)6-5-11-3-1-2-4-11/h11-12,15H,1-10H2. The molecule has 2 rings (SSSR count). The fraction of sp³-hybridized carbons (Fsp3) is 0.923. The molecule has 0 radical (unpaired) electrons. The van der Waals surface area contributed by atoms with Crippen LogP contribution in [0.3, 0.4) is 0 Å². The summed E-state index contributed by atoms with van der Waals surface area (Å²) in [5.74, 6) is 0.951. The van der Waals surface area contributed by atoms with Gasteiger partial charge in [0.1, 0.15) is 0 Å². The zero-order valence-corrected chi connectivity index (χ0v) is 10.4. The summed E-state index contributed by atoms with van der Waals surface area (Å²) in [5.41, 5.74) is 0. The van der Waals surface area contributed by atoms with Crippen molar-refractivity contribution in [3.8, 4) is 0 Å². The number of amides is 1. The van der Waals surface area contributed by atoms with Crippen molar-refractivity contribution in [2.45, 2.75) is 44.6 Å². The second kappa shape index (κ2) is 6.36. The van der Waals surface area contributed by atoms with E-state index in [9.17, 15) is 9.90 Å². The van der Waals surface area contributed by atoms with Gasteiger partial charge in [-0.3, -0.25) is 4.79 Å². The Morgan fingerprint density at radius 3 is 2.82 bits per heavy atom. The summed E-state index contributed by atoms with van der Waals surface area (Å²) in [6.45, 7) is 1.72. The van der Waals surface area contributed by atoms with Crippen molar-refractivity contribution >= 4 is 5.91 Å². The third-order valence-corrected chi connectivity index (χ3v) is 4.00. The molecule has 2 aliphatic rings. The van der Waals surface area contributed by atoms with Crippen LogP contribution in [0.2, 0.25) is 0 Å². The molecule has 0 aromatic heterocycles. The van der Waals surface area contributed by atoms with Crippen LogP contribution in [0.25, 0.3) is 0 Å². The predicted molar refractivity (Wildman–Crippen MR) is 64.6 cm³/mol. The minimum Gasteiger partial charge on any atom is -0.394 e. The van der Waals surface area contributed by atoms with E-state index in [1.165, 1.54) is 25.7 Å². The molecule has 17 heavy (non-hydrogen) atoms. The van der Waals surface area contributed by atoms with Gasteiger partial charge in [0, 0.05) is 13.0 Å². The Bertz CT molecular complexity index is 251. The number of morpholine rings is 1. The molecule has 98 valence electrons. The van der Waals surface area contributed by atoms with E-state index in [0.29, 0.717) is 26.2 Å². The fourth-order valence-electron chi connectivity index (χ4n) is 2.90. The van der Waals surface area contributed by atoms with E-state index in [0.717, 1.165) is 12.3 Å². The number of rotatable bonds is 4. The first-order valence-corrected chi connectivity index (χ1v) is 6.79. The quantitative estimate of drug-likeness (QED) is 0.804. The summed E-state index contributed by atoms with van der Waals surface area (Å²) in [7, 11) is 0. The van der Waals surface area contributed by atoms with Gasteiger partial charge in [0.2, 0.25) is 5.91 Å². The maximum absolute atomic E-state index is 12.1. The van der Waals surface area contributed by atoms with Crippen molar-refractivity contribution in [2.75, 3.05) is 26.4 Å². The lowest BCUT2D eigenvalue weighted by molar-refractivity contribution is -0.141. The van der Waals surface area contributed by atoms with Crippen LogP contribution in [0.15, 0.2) is 0 Å². The average molecular weight is 241 g/mol. The van der Waals surface area contributed by atoms with Gasteiger partial charge in [-0.15, -0.1) is 0 Å². The van der Waals surface area contributed by atoms with Crippen molar-refractivity contribution in [1.82, 2.24) is 4.90 Å². The van der Waals surface area contributed by atoms with Crippen LogP contribution in [0.1, 0.15) is 38.5 Å². The zero-order chi connectivity index (χ0) is 12.1. The molecule has 0 spiro atoms. The van der Waals surface area contributed by atoms with Gasteiger partial charge < -0.3 is 14.7 Å². The van der Waals surface area contributed by atoms with E-state index in [1.54, 1.807) is 4.90 Å². The molecule has 1 saturated carbocycles. The lowest BCUT2D eigenvalue weighted by Gasteiger charge is -2.34. The topological polar surface area (TPSA) is 49.8 Å². The molecule has 1 atom stereocenters. The lowest BCUT2D eigenvalue weighted by atomic mass is 10.0. The smallest absolute Gasteiger partial charge is 0.223 e. The highest BCUT2D eigenvalue weighted by Gasteiger charge is 2.27. The third-order valence-electron chi connectivity index (χ3n) is 4.00. The van der Waals surface area contributed by atoms with Crippen LogP contribution >= 0.6 is 0 Å². The SMILES string of the molecule is O=C(CCC1CCCC1)N1CCOCC1CO. The molecule has 0 aromatic carbocycles. The Balaban J connectivity index is 1.76. The minimum atomic E-state index is -0.125. The molecule has 2 fully saturated rings. The number of hydrogen-bond acceptors (Lipinski definition) is 3. The first kappa shape index (κ1) is 12.8. The van der Waals surface area contributed by atoms with Crippen molar-refractivity contribution < 1.29 is 14.6 Å². The molecule has 1 saturated heterocycles. The van der Waals surface area contributed by atoms with Crippen LogP contribution in [0.5, 0.6) is 0 Å². The molecule has 1 N–H and O–H groups in total. The van der Waals surface area contributed by atoms with Gasteiger partial charge in [0.15, 0.2) is 0 Å². The number of aliphatic hydroxyl groups excluding tert-OH is 1. The Hall–Kier alpha value is -0.610. The van der Waals surface area contributed by atoms with Crippen LogP contribution in [0, 0.1) is 5.92 Å². The molecule has 1 amide bonds. The Morgan fingerprint density at radius 2 is 2.12 bits per heavy atom. The largest absolute Gasteiger partial charge is 0.394 e. The number of nitrogens with zero attached hydrogens (tertiary/aromatic N) is 1. The van der Waals surface area contributed by atoms with Crippen LogP contribution < -0.4 is 0 Å². The van der Waals surface area contributed by atoms with Crippen molar-refractivity contribution in [1.29, 1.82) is 0 Å². The zero-order valence-electron chi connectivity index (χ0n) is 10.4. The molecule has 0 aromatic rings. The van der Waals surface area contributed by atoms with Gasteiger partial charge >= 0.3 is 0 Å². The lowest BCUT2D eigenvalue weighted by Crippen LogP contribution is -2.50. The van der Waals surface area contributed by atoms with E-state index >= 15 is 0 Å². The summed E-state index contributed by atoms with van der Waals surface area (Å²) in [5, 5.41) is 9.22. The average Bonchev–Trinajstić information content (AvgIpc) is 2.89. The van der Waals surface area contributed by atoms with E-state index in [-0.39, 0.29) is 18.6 Å². The third kappa shape index (κ3) is 3.42. The highest BCUT2D eigenvalue weighted by Crippen LogP contribution is 2.28. The summed E-state index contributed by atoms with van der Waals surface area (Å²) < 4.78 is 5.28. The Morgan fingerprint density at radius 1 is 1.35 bits per heavy atom.